The van der Waals surface area contributed by atoms with Crippen molar-refractivity contribution in [3.05, 3.63) is 69.9 Å². The standard InChI is InChI=1S/C21H17ClFN3OS/c1-3-26-18-9-6-14(22)10-16(18)12(2)19(26)20(27)25-21-24-17(11-28-21)13-4-7-15(23)8-5-13/h4-11H,3H2,1-2H3,(H,24,25,27). The van der Waals surface area contributed by atoms with Crippen molar-refractivity contribution in [3.63, 3.8) is 0 Å². The molecule has 142 valence electrons. The second kappa shape index (κ2) is 7.37. The number of anilines is 1. The fourth-order valence-corrected chi connectivity index (χ4v) is 4.24. The van der Waals surface area contributed by atoms with Crippen LogP contribution in [0.25, 0.3) is 22.2 Å². The zero-order valence-electron chi connectivity index (χ0n) is 15.3. The van der Waals surface area contributed by atoms with Gasteiger partial charge in [-0.15, -0.1) is 11.3 Å². The van der Waals surface area contributed by atoms with Crippen LogP contribution >= 0.6 is 22.9 Å². The number of benzene rings is 2. The number of carbonyl (C=O) groups excluding carboxylic acids is 1. The third-order valence-corrected chi connectivity index (χ3v) is 5.67. The molecule has 4 aromatic rings. The van der Waals surface area contributed by atoms with Crippen molar-refractivity contribution in [1.82, 2.24) is 9.55 Å². The molecule has 0 saturated heterocycles. The highest BCUT2D eigenvalue weighted by atomic mass is 35.5. The molecule has 0 unspecified atom stereocenters. The Morgan fingerprint density at radius 2 is 2.00 bits per heavy atom. The summed E-state index contributed by atoms with van der Waals surface area (Å²) in [4.78, 5) is 17.5. The molecule has 0 radical (unpaired) electrons. The lowest BCUT2D eigenvalue weighted by Crippen LogP contribution is -2.17. The van der Waals surface area contributed by atoms with E-state index in [1.165, 1.54) is 23.5 Å². The van der Waals surface area contributed by atoms with Crippen LogP contribution in [-0.4, -0.2) is 15.5 Å². The van der Waals surface area contributed by atoms with Crippen molar-refractivity contribution in [2.24, 2.45) is 0 Å². The first-order chi connectivity index (χ1) is 13.5. The number of nitrogens with zero attached hydrogens (tertiary/aromatic N) is 2. The van der Waals surface area contributed by atoms with Crippen molar-refractivity contribution < 1.29 is 9.18 Å². The van der Waals surface area contributed by atoms with Gasteiger partial charge >= 0.3 is 0 Å². The number of aromatic nitrogens is 2. The fourth-order valence-electron chi connectivity index (χ4n) is 3.36. The molecule has 2 aromatic carbocycles. The zero-order valence-corrected chi connectivity index (χ0v) is 16.9. The Kier molecular flexibility index (Phi) is 4.91. The summed E-state index contributed by atoms with van der Waals surface area (Å²) >= 11 is 7.47. The summed E-state index contributed by atoms with van der Waals surface area (Å²) in [5.74, 6) is -0.512. The summed E-state index contributed by atoms with van der Waals surface area (Å²) in [5, 5.41) is 6.83. The van der Waals surface area contributed by atoms with E-state index in [0.29, 0.717) is 28.1 Å². The van der Waals surface area contributed by atoms with E-state index in [9.17, 15) is 9.18 Å². The van der Waals surface area contributed by atoms with Crippen LogP contribution in [0, 0.1) is 12.7 Å². The molecule has 0 aliphatic rings. The summed E-state index contributed by atoms with van der Waals surface area (Å²) in [6, 6.07) is 11.7. The van der Waals surface area contributed by atoms with Gasteiger partial charge in [0.25, 0.3) is 5.91 Å². The molecule has 1 amide bonds. The number of hydrogen-bond acceptors (Lipinski definition) is 3. The number of nitrogens with one attached hydrogen (secondary N) is 1. The monoisotopic (exact) mass is 413 g/mol. The van der Waals surface area contributed by atoms with E-state index in [-0.39, 0.29) is 11.7 Å². The lowest BCUT2D eigenvalue weighted by atomic mass is 10.1. The van der Waals surface area contributed by atoms with Crippen LogP contribution in [-0.2, 0) is 6.54 Å². The first kappa shape index (κ1) is 18.7. The number of aryl methyl sites for hydroxylation is 2. The summed E-state index contributed by atoms with van der Waals surface area (Å²) in [5.41, 5.74) is 3.94. The van der Waals surface area contributed by atoms with E-state index < -0.39 is 0 Å². The quantitative estimate of drug-likeness (QED) is 0.437. The predicted molar refractivity (Wildman–Crippen MR) is 113 cm³/mol. The van der Waals surface area contributed by atoms with Gasteiger partial charge in [0.2, 0.25) is 0 Å². The number of carbonyl (C=O) groups is 1. The summed E-state index contributed by atoms with van der Waals surface area (Å²) < 4.78 is 15.1. The Bertz CT molecular complexity index is 1180. The summed E-state index contributed by atoms with van der Waals surface area (Å²) in [6.07, 6.45) is 0. The molecule has 4 rings (SSSR count). The van der Waals surface area contributed by atoms with Gasteiger partial charge in [0.1, 0.15) is 11.5 Å². The number of thiazole rings is 1. The fraction of sp³-hybridized carbons (Fsp3) is 0.143. The molecular formula is C21H17ClFN3OS. The Morgan fingerprint density at radius 3 is 2.71 bits per heavy atom. The molecular weight excluding hydrogens is 397 g/mol. The van der Waals surface area contributed by atoms with Crippen LogP contribution in [0.2, 0.25) is 5.02 Å². The molecule has 4 nitrogen and oxygen atoms in total. The van der Waals surface area contributed by atoms with Gasteiger partial charge in [-0.05, 0) is 61.9 Å². The lowest BCUT2D eigenvalue weighted by molar-refractivity contribution is 0.101. The Labute approximate surface area is 170 Å². The number of rotatable bonds is 4. The summed E-state index contributed by atoms with van der Waals surface area (Å²) in [6.45, 7) is 4.58. The SMILES string of the molecule is CCn1c(C(=O)Nc2nc(-c3ccc(F)cc3)cs2)c(C)c2cc(Cl)ccc21. The average molecular weight is 414 g/mol. The van der Waals surface area contributed by atoms with Gasteiger partial charge in [-0.1, -0.05) is 11.6 Å². The van der Waals surface area contributed by atoms with Gasteiger partial charge < -0.3 is 4.57 Å². The molecule has 0 aliphatic carbocycles. The molecule has 2 aromatic heterocycles. The van der Waals surface area contributed by atoms with E-state index in [2.05, 4.69) is 10.3 Å². The van der Waals surface area contributed by atoms with Gasteiger partial charge in [0.15, 0.2) is 5.13 Å². The van der Waals surface area contributed by atoms with Gasteiger partial charge in [-0.2, -0.15) is 0 Å². The number of fused-ring (bicyclic) bond motifs is 1. The average Bonchev–Trinajstić information content (AvgIpc) is 3.25. The van der Waals surface area contributed by atoms with Gasteiger partial charge in [-0.25, -0.2) is 9.37 Å². The van der Waals surface area contributed by atoms with Crippen LogP contribution in [0.5, 0.6) is 0 Å². The van der Waals surface area contributed by atoms with E-state index in [1.54, 1.807) is 12.1 Å². The first-order valence-electron chi connectivity index (χ1n) is 8.79. The highest BCUT2D eigenvalue weighted by Crippen LogP contribution is 2.30. The van der Waals surface area contributed by atoms with E-state index in [1.807, 2.05) is 42.0 Å². The van der Waals surface area contributed by atoms with Crippen LogP contribution < -0.4 is 5.32 Å². The maximum Gasteiger partial charge on any atom is 0.274 e. The third-order valence-electron chi connectivity index (χ3n) is 4.67. The highest BCUT2D eigenvalue weighted by Gasteiger charge is 2.21. The molecule has 0 aliphatic heterocycles. The van der Waals surface area contributed by atoms with Crippen LogP contribution in [0.4, 0.5) is 9.52 Å². The highest BCUT2D eigenvalue weighted by molar-refractivity contribution is 7.14. The number of hydrogen-bond donors (Lipinski definition) is 1. The minimum absolute atomic E-state index is 0.216. The van der Waals surface area contributed by atoms with E-state index in [4.69, 9.17) is 11.6 Å². The van der Waals surface area contributed by atoms with Gasteiger partial charge in [0, 0.05) is 33.4 Å². The van der Waals surface area contributed by atoms with Crippen molar-refractivity contribution >= 4 is 44.9 Å². The molecule has 1 N–H and O–H groups in total. The van der Waals surface area contributed by atoms with Crippen molar-refractivity contribution in [1.29, 1.82) is 0 Å². The molecule has 7 heteroatoms. The Hall–Kier alpha value is -2.70. The smallest absolute Gasteiger partial charge is 0.274 e. The first-order valence-corrected chi connectivity index (χ1v) is 10.0. The lowest BCUT2D eigenvalue weighted by Gasteiger charge is -2.08. The molecule has 0 fully saturated rings. The molecule has 0 saturated carbocycles. The zero-order chi connectivity index (χ0) is 19.8. The van der Waals surface area contributed by atoms with Gasteiger partial charge in [-0.3, -0.25) is 10.1 Å². The molecule has 28 heavy (non-hydrogen) atoms. The minimum atomic E-state index is -0.296. The van der Waals surface area contributed by atoms with Crippen LogP contribution in [0.1, 0.15) is 23.0 Å². The molecule has 2 heterocycles. The molecule has 0 bridgehead atoms. The van der Waals surface area contributed by atoms with E-state index >= 15 is 0 Å². The maximum atomic E-state index is 13.1. The van der Waals surface area contributed by atoms with Gasteiger partial charge in [0.05, 0.1) is 5.69 Å². The molecule has 0 spiro atoms. The van der Waals surface area contributed by atoms with Crippen LogP contribution in [0.3, 0.4) is 0 Å². The second-order valence-corrected chi connectivity index (χ2v) is 7.67. The Morgan fingerprint density at radius 1 is 1.25 bits per heavy atom. The Balaban J connectivity index is 1.66. The largest absolute Gasteiger partial charge is 0.337 e. The van der Waals surface area contributed by atoms with Crippen molar-refractivity contribution in [2.75, 3.05) is 5.32 Å². The topological polar surface area (TPSA) is 46.9 Å². The van der Waals surface area contributed by atoms with E-state index in [0.717, 1.165) is 22.0 Å². The van der Waals surface area contributed by atoms with Crippen LogP contribution in [0.15, 0.2) is 47.8 Å². The third kappa shape index (κ3) is 3.30. The normalized spacial score (nSPS) is 11.1. The van der Waals surface area contributed by atoms with Crippen molar-refractivity contribution in [3.8, 4) is 11.3 Å². The molecule has 0 atom stereocenters. The van der Waals surface area contributed by atoms with Crippen molar-refractivity contribution in [2.45, 2.75) is 20.4 Å². The minimum Gasteiger partial charge on any atom is -0.337 e. The number of amides is 1. The number of halogens is 2. The maximum absolute atomic E-state index is 13.1. The second-order valence-electron chi connectivity index (χ2n) is 6.38. The predicted octanol–water partition coefficient (Wildman–Crippen LogP) is 6.14. The summed E-state index contributed by atoms with van der Waals surface area (Å²) in [7, 11) is 0.